The molecule has 1 saturated heterocycles. The molecule has 0 radical (unpaired) electrons. The highest BCUT2D eigenvalue weighted by Crippen LogP contribution is 2.24. The Hall–Kier alpha value is -0.420. The number of carbonyl (C=O) groups excluding carboxylic acids is 1. The Morgan fingerprint density at radius 1 is 1.38 bits per heavy atom. The van der Waals surface area contributed by atoms with Crippen LogP contribution in [0.1, 0.15) is 53.9 Å². The summed E-state index contributed by atoms with van der Waals surface area (Å²) in [5, 5.41) is 4.27. The molecule has 4 nitrogen and oxygen atoms in total. The molecular formula is C16H32N2O2S. The summed E-state index contributed by atoms with van der Waals surface area (Å²) in [6.45, 7) is 12.4. The quantitative estimate of drug-likeness (QED) is 0.814. The second kappa shape index (κ2) is 8.89. The Morgan fingerprint density at radius 3 is 2.67 bits per heavy atom. The zero-order valence-corrected chi connectivity index (χ0v) is 15.1. The molecule has 2 atom stereocenters. The van der Waals surface area contributed by atoms with E-state index in [0.29, 0.717) is 11.3 Å². The van der Waals surface area contributed by atoms with E-state index in [-0.39, 0.29) is 6.09 Å². The minimum Gasteiger partial charge on any atom is -0.444 e. The van der Waals surface area contributed by atoms with E-state index in [0.717, 1.165) is 26.1 Å². The lowest BCUT2D eigenvalue weighted by molar-refractivity contribution is 0.0250. The SMILES string of the molecule is CCCN(CCNC1CCCSC1C)C(=O)OC(C)(C)C. The van der Waals surface area contributed by atoms with Crippen molar-refractivity contribution in [1.29, 1.82) is 0 Å². The zero-order chi connectivity index (χ0) is 15.9. The number of rotatable bonds is 6. The van der Waals surface area contributed by atoms with Gasteiger partial charge in [-0.25, -0.2) is 4.79 Å². The lowest BCUT2D eigenvalue weighted by Gasteiger charge is -2.31. The fourth-order valence-electron chi connectivity index (χ4n) is 2.47. The van der Waals surface area contributed by atoms with Crippen molar-refractivity contribution in [2.75, 3.05) is 25.4 Å². The van der Waals surface area contributed by atoms with Gasteiger partial charge in [-0.3, -0.25) is 0 Å². The zero-order valence-electron chi connectivity index (χ0n) is 14.3. The molecule has 1 aliphatic heterocycles. The molecule has 0 aromatic carbocycles. The molecule has 1 fully saturated rings. The molecule has 0 aromatic rings. The molecule has 124 valence electrons. The number of carbonyl (C=O) groups is 1. The maximum absolute atomic E-state index is 12.2. The van der Waals surface area contributed by atoms with Crippen LogP contribution in [0.3, 0.4) is 0 Å². The minimum atomic E-state index is -0.426. The highest BCUT2D eigenvalue weighted by atomic mass is 32.2. The van der Waals surface area contributed by atoms with Crippen LogP contribution in [0.4, 0.5) is 4.79 Å². The smallest absolute Gasteiger partial charge is 0.410 e. The summed E-state index contributed by atoms with van der Waals surface area (Å²) < 4.78 is 5.47. The van der Waals surface area contributed by atoms with Crippen LogP contribution in [0.25, 0.3) is 0 Å². The Balaban J connectivity index is 2.38. The first-order valence-electron chi connectivity index (χ1n) is 8.16. The van der Waals surface area contributed by atoms with Gasteiger partial charge in [0.25, 0.3) is 0 Å². The highest BCUT2D eigenvalue weighted by molar-refractivity contribution is 7.99. The van der Waals surface area contributed by atoms with Gasteiger partial charge in [0, 0.05) is 30.9 Å². The van der Waals surface area contributed by atoms with E-state index in [1.165, 1.54) is 18.6 Å². The standard InChI is InChI=1S/C16H32N2O2S/c1-6-10-18(15(19)20-16(3,4)5)11-9-17-14-8-7-12-21-13(14)2/h13-14,17H,6-12H2,1-5H3. The average Bonchev–Trinajstić information content (AvgIpc) is 2.38. The van der Waals surface area contributed by atoms with Crippen LogP contribution in [0.2, 0.25) is 0 Å². The van der Waals surface area contributed by atoms with Gasteiger partial charge < -0.3 is 15.0 Å². The topological polar surface area (TPSA) is 41.6 Å². The maximum Gasteiger partial charge on any atom is 0.410 e. The van der Waals surface area contributed by atoms with Gasteiger partial charge in [0.15, 0.2) is 0 Å². The van der Waals surface area contributed by atoms with E-state index < -0.39 is 5.60 Å². The largest absolute Gasteiger partial charge is 0.444 e. The van der Waals surface area contributed by atoms with Crippen molar-refractivity contribution in [2.45, 2.75) is 70.8 Å². The van der Waals surface area contributed by atoms with Crippen molar-refractivity contribution in [3.63, 3.8) is 0 Å². The number of ether oxygens (including phenoxy) is 1. The molecule has 2 unspecified atom stereocenters. The molecule has 1 amide bonds. The second-order valence-electron chi connectivity index (χ2n) is 6.75. The van der Waals surface area contributed by atoms with Gasteiger partial charge in [0.05, 0.1) is 0 Å². The van der Waals surface area contributed by atoms with E-state index in [2.05, 4.69) is 19.2 Å². The summed E-state index contributed by atoms with van der Waals surface area (Å²) in [4.78, 5) is 14.0. The molecule has 1 aliphatic rings. The summed E-state index contributed by atoms with van der Waals surface area (Å²) in [6, 6.07) is 0.575. The summed E-state index contributed by atoms with van der Waals surface area (Å²) in [5.41, 5.74) is -0.426. The Morgan fingerprint density at radius 2 is 2.10 bits per heavy atom. The summed E-state index contributed by atoms with van der Waals surface area (Å²) in [7, 11) is 0. The molecule has 0 spiro atoms. The van der Waals surface area contributed by atoms with Gasteiger partial charge in [0.1, 0.15) is 5.60 Å². The van der Waals surface area contributed by atoms with E-state index in [4.69, 9.17) is 4.74 Å². The fraction of sp³-hybridized carbons (Fsp3) is 0.938. The Labute approximate surface area is 134 Å². The summed E-state index contributed by atoms with van der Waals surface area (Å²) >= 11 is 2.04. The van der Waals surface area contributed by atoms with Crippen molar-refractivity contribution in [3.8, 4) is 0 Å². The fourth-order valence-corrected chi connectivity index (χ4v) is 3.64. The van der Waals surface area contributed by atoms with Crippen LogP contribution < -0.4 is 5.32 Å². The first-order chi connectivity index (χ1) is 9.83. The van der Waals surface area contributed by atoms with E-state index in [9.17, 15) is 4.79 Å². The van der Waals surface area contributed by atoms with Crippen molar-refractivity contribution >= 4 is 17.9 Å². The molecule has 1 N–H and O–H groups in total. The monoisotopic (exact) mass is 316 g/mol. The van der Waals surface area contributed by atoms with Gasteiger partial charge in [-0.05, 0) is 45.8 Å². The molecule has 0 aliphatic carbocycles. The van der Waals surface area contributed by atoms with Crippen LogP contribution in [0.15, 0.2) is 0 Å². The van der Waals surface area contributed by atoms with Crippen molar-refractivity contribution in [1.82, 2.24) is 10.2 Å². The predicted molar refractivity (Wildman–Crippen MR) is 91.0 cm³/mol. The predicted octanol–water partition coefficient (Wildman–Crippen LogP) is 3.51. The third-order valence-corrected chi connectivity index (χ3v) is 4.92. The third-order valence-electron chi connectivity index (χ3n) is 3.54. The molecule has 0 saturated carbocycles. The first-order valence-corrected chi connectivity index (χ1v) is 9.21. The number of hydrogen-bond acceptors (Lipinski definition) is 4. The molecule has 5 heteroatoms. The van der Waals surface area contributed by atoms with Gasteiger partial charge in [0.2, 0.25) is 0 Å². The number of nitrogens with one attached hydrogen (secondary N) is 1. The van der Waals surface area contributed by atoms with E-state index in [1.54, 1.807) is 0 Å². The van der Waals surface area contributed by atoms with Gasteiger partial charge in [-0.15, -0.1) is 0 Å². The van der Waals surface area contributed by atoms with Crippen LogP contribution >= 0.6 is 11.8 Å². The van der Waals surface area contributed by atoms with Crippen molar-refractivity contribution < 1.29 is 9.53 Å². The minimum absolute atomic E-state index is 0.197. The molecule has 1 rings (SSSR count). The number of nitrogens with zero attached hydrogens (tertiary/aromatic N) is 1. The van der Waals surface area contributed by atoms with Gasteiger partial charge in [-0.1, -0.05) is 13.8 Å². The van der Waals surface area contributed by atoms with Crippen LogP contribution in [0, 0.1) is 0 Å². The third kappa shape index (κ3) is 7.41. The van der Waals surface area contributed by atoms with Crippen LogP contribution in [-0.2, 0) is 4.74 Å². The van der Waals surface area contributed by atoms with Crippen LogP contribution in [-0.4, -0.2) is 53.3 Å². The van der Waals surface area contributed by atoms with Crippen LogP contribution in [0.5, 0.6) is 0 Å². The molecule has 0 bridgehead atoms. The van der Waals surface area contributed by atoms with Crippen molar-refractivity contribution in [2.24, 2.45) is 0 Å². The molecule has 1 heterocycles. The van der Waals surface area contributed by atoms with E-state index >= 15 is 0 Å². The normalized spacial score (nSPS) is 22.9. The number of thioether (sulfide) groups is 1. The molecular weight excluding hydrogens is 284 g/mol. The average molecular weight is 317 g/mol. The lowest BCUT2D eigenvalue weighted by Crippen LogP contribution is -2.45. The number of hydrogen-bond donors (Lipinski definition) is 1. The van der Waals surface area contributed by atoms with Crippen molar-refractivity contribution in [3.05, 3.63) is 0 Å². The Kier molecular flexibility index (Phi) is 7.88. The number of amides is 1. The van der Waals surface area contributed by atoms with E-state index in [1.807, 2.05) is 37.4 Å². The molecule has 0 aromatic heterocycles. The first kappa shape index (κ1) is 18.6. The van der Waals surface area contributed by atoms with Gasteiger partial charge >= 0.3 is 6.09 Å². The lowest BCUT2D eigenvalue weighted by atomic mass is 10.1. The Bertz CT molecular complexity index is 318. The maximum atomic E-state index is 12.2. The second-order valence-corrected chi connectivity index (χ2v) is 8.23. The summed E-state index contributed by atoms with van der Waals surface area (Å²) in [5.74, 6) is 1.28. The van der Waals surface area contributed by atoms with Gasteiger partial charge in [-0.2, -0.15) is 11.8 Å². The summed E-state index contributed by atoms with van der Waals surface area (Å²) in [6.07, 6.45) is 3.29. The molecule has 21 heavy (non-hydrogen) atoms. The highest BCUT2D eigenvalue weighted by Gasteiger charge is 2.23.